The standard InChI is InChI=1S/C31H25N5O2/c1-20-14-24(15-25(18-33)31-34-29-13-12-28(37-3)16-30(29)35-31)21(2)36(20)26-8-10-27(11-9-26)38-19-23-7-5-4-6-22(23)17-32/h4-16H,19H2,1-3H3,(H,34,35)/b25-15-. The summed E-state index contributed by atoms with van der Waals surface area (Å²) in [5.41, 5.74) is 7.45. The molecule has 0 unspecified atom stereocenters. The van der Waals surface area contributed by atoms with Gasteiger partial charge in [0.25, 0.3) is 0 Å². The molecule has 0 bridgehead atoms. The van der Waals surface area contributed by atoms with Gasteiger partial charge in [-0.15, -0.1) is 0 Å². The maximum atomic E-state index is 9.91. The molecule has 0 saturated carbocycles. The molecule has 0 fully saturated rings. The average Bonchev–Trinajstić information content (AvgIpc) is 3.49. The van der Waals surface area contributed by atoms with E-state index in [9.17, 15) is 10.5 Å². The summed E-state index contributed by atoms with van der Waals surface area (Å²) < 4.78 is 13.3. The van der Waals surface area contributed by atoms with Crippen molar-refractivity contribution in [2.24, 2.45) is 0 Å². The lowest BCUT2D eigenvalue weighted by atomic mass is 10.1. The highest BCUT2D eigenvalue weighted by atomic mass is 16.5. The third-order valence-electron chi connectivity index (χ3n) is 6.46. The van der Waals surface area contributed by atoms with E-state index in [0.29, 0.717) is 23.6 Å². The normalized spacial score (nSPS) is 11.2. The van der Waals surface area contributed by atoms with Gasteiger partial charge < -0.3 is 19.0 Å². The second-order valence-corrected chi connectivity index (χ2v) is 8.85. The van der Waals surface area contributed by atoms with Gasteiger partial charge in [0.2, 0.25) is 0 Å². The second-order valence-electron chi connectivity index (χ2n) is 8.85. The van der Waals surface area contributed by atoms with Gasteiger partial charge in [0, 0.05) is 28.7 Å². The van der Waals surface area contributed by atoms with Gasteiger partial charge in [0.05, 0.1) is 35.3 Å². The van der Waals surface area contributed by atoms with Crippen LogP contribution >= 0.6 is 0 Å². The summed E-state index contributed by atoms with van der Waals surface area (Å²) in [6.07, 6.45) is 1.86. The SMILES string of the molecule is COc1ccc2nc(/C(C#N)=C\c3cc(C)n(-c4ccc(OCc5ccccc5C#N)cc4)c3C)[nH]c2c1. The summed E-state index contributed by atoms with van der Waals surface area (Å²) in [5, 5.41) is 19.2. The van der Waals surface area contributed by atoms with Crippen LogP contribution in [0, 0.1) is 36.5 Å². The largest absolute Gasteiger partial charge is 0.497 e. The molecule has 7 heteroatoms. The van der Waals surface area contributed by atoms with Gasteiger partial charge in [-0.3, -0.25) is 0 Å². The molecule has 0 spiro atoms. The minimum Gasteiger partial charge on any atom is -0.497 e. The molecular formula is C31H25N5O2. The number of methoxy groups -OCH3 is 1. The predicted octanol–water partition coefficient (Wildman–Crippen LogP) is 6.49. The maximum absolute atomic E-state index is 9.91. The minimum atomic E-state index is 0.325. The van der Waals surface area contributed by atoms with E-state index in [-0.39, 0.29) is 0 Å². The molecule has 7 nitrogen and oxygen atoms in total. The molecule has 186 valence electrons. The van der Waals surface area contributed by atoms with E-state index in [0.717, 1.165) is 50.7 Å². The number of fused-ring (bicyclic) bond motifs is 1. The number of hydrogen-bond acceptors (Lipinski definition) is 5. The Bertz CT molecular complexity index is 1740. The molecule has 0 saturated heterocycles. The number of aromatic amines is 1. The summed E-state index contributed by atoms with van der Waals surface area (Å²) in [6.45, 7) is 4.39. The zero-order chi connectivity index (χ0) is 26.6. The van der Waals surface area contributed by atoms with E-state index >= 15 is 0 Å². The number of nitrogens with one attached hydrogen (secondary N) is 1. The Morgan fingerprint density at radius 2 is 1.76 bits per heavy atom. The topological polar surface area (TPSA) is 99.6 Å². The van der Waals surface area contributed by atoms with Gasteiger partial charge in [-0.1, -0.05) is 18.2 Å². The highest BCUT2D eigenvalue weighted by Crippen LogP contribution is 2.27. The van der Waals surface area contributed by atoms with Crippen LogP contribution in [-0.4, -0.2) is 21.6 Å². The quantitative estimate of drug-likeness (QED) is 0.258. The highest BCUT2D eigenvalue weighted by Gasteiger charge is 2.14. The highest BCUT2D eigenvalue weighted by molar-refractivity contribution is 5.91. The number of H-pyrrole nitrogens is 1. The summed E-state index contributed by atoms with van der Waals surface area (Å²) >= 11 is 0. The first-order valence-corrected chi connectivity index (χ1v) is 12.1. The van der Waals surface area contributed by atoms with Gasteiger partial charge >= 0.3 is 0 Å². The number of hydrogen-bond donors (Lipinski definition) is 1. The fourth-order valence-corrected chi connectivity index (χ4v) is 4.49. The summed E-state index contributed by atoms with van der Waals surface area (Å²) in [6, 6.07) is 27.4. The van der Waals surface area contributed by atoms with Crippen molar-refractivity contribution in [3.63, 3.8) is 0 Å². The van der Waals surface area contributed by atoms with Crippen molar-refractivity contribution >= 4 is 22.7 Å². The molecule has 2 heterocycles. The van der Waals surface area contributed by atoms with E-state index in [1.807, 2.05) is 80.6 Å². The third kappa shape index (κ3) is 4.74. The summed E-state index contributed by atoms with van der Waals surface area (Å²) in [5.74, 6) is 1.96. The number of allylic oxidation sites excluding steroid dienone is 1. The molecule has 1 N–H and O–H groups in total. The van der Waals surface area contributed by atoms with Crippen LogP contribution in [0.4, 0.5) is 0 Å². The molecule has 0 aliphatic rings. The number of nitriles is 2. The van der Waals surface area contributed by atoms with Crippen molar-refractivity contribution in [1.29, 1.82) is 10.5 Å². The molecule has 0 aliphatic carbocycles. The molecule has 0 radical (unpaired) electrons. The number of imidazole rings is 1. The lowest BCUT2D eigenvalue weighted by molar-refractivity contribution is 0.306. The van der Waals surface area contributed by atoms with Gasteiger partial charge in [0.15, 0.2) is 0 Å². The van der Waals surface area contributed by atoms with Crippen LogP contribution in [0.2, 0.25) is 0 Å². The zero-order valence-electron chi connectivity index (χ0n) is 21.3. The Kier molecular flexibility index (Phi) is 6.67. The first-order chi connectivity index (χ1) is 18.5. The second kappa shape index (κ2) is 10.4. The number of aryl methyl sites for hydroxylation is 1. The molecule has 3 aromatic carbocycles. The van der Waals surface area contributed by atoms with Gasteiger partial charge in [-0.25, -0.2) is 4.98 Å². The van der Waals surface area contributed by atoms with Crippen LogP contribution < -0.4 is 9.47 Å². The number of benzene rings is 3. The fraction of sp³-hybridized carbons (Fsp3) is 0.129. The molecular weight excluding hydrogens is 474 g/mol. The van der Waals surface area contributed by atoms with Crippen molar-refractivity contribution < 1.29 is 9.47 Å². The van der Waals surface area contributed by atoms with E-state index in [1.54, 1.807) is 13.2 Å². The molecule has 5 rings (SSSR count). The Balaban J connectivity index is 1.39. The molecule has 0 atom stereocenters. The third-order valence-corrected chi connectivity index (χ3v) is 6.46. The molecule has 5 aromatic rings. The van der Waals surface area contributed by atoms with Gasteiger partial charge in [-0.2, -0.15) is 10.5 Å². The van der Waals surface area contributed by atoms with Crippen molar-refractivity contribution in [1.82, 2.24) is 14.5 Å². The Morgan fingerprint density at radius 1 is 1.00 bits per heavy atom. The lowest BCUT2D eigenvalue weighted by Crippen LogP contribution is -2.01. The molecule has 0 aliphatic heterocycles. The monoisotopic (exact) mass is 499 g/mol. The van der Waals surface area contributed by atoms with E-state index < -0.39 is 0 Å². The molecule has 38 heavy (non-hydrogen) atoms. The first-order valence-electron chi connectivity index (χ1n) is 12.1. The average molecular weight is 500 g/mol. The van der Waals surface area contributed by atoms with Crippen LogP contribution in [0.1, 0.15) is 33.9 Å². The van der Waals surface area contributed by atoms with E-state index in [1.165, 1.54) is 0 Å². The van der Waals surface area contributed by atoms with Gasteiger partial charge in [0.1, 0.15) is 30.0 Å². The Labute approximate surface area is 220 Å². The Hall–Kier alpha value is -5.27. The summed E-state index contributed by atoms with van der Waals surface area (Å²) in [7, 11) is 1.62. The van der Waals surface area contributed by atoms with Crippen LogP contribution in [-0.2, 0) is 6.61 Å². The number of nitrogens with zero attached hydrogens (tertiary/aromatic N) is 4. The van der Waals surface area contributed by atoms with Crippen LogP contribution in [0.5, 0.6) is 11.5 Å². The van der Waals surface area contributed by atoms with Crippen LogP contribution in [0.25, 0.3) is 28.4 Å². The van der Waals surface area contributed by atoms with Crippen molar-refractivity contribution in [2.75, 3.05) is 7.11 Å². The smallest absolute Gasteiger partial charge is 0.149 e. The molecule has 0 amide bonds. The van der Waals surface area contributed by atoms with Crippen LogP contribution in [0.3, 0.4) is 0 Å². The molecule has 2 aromatic heterocycles. The number of rotatable bonds is 7. The zero-order valence-corrected chi connectivity index (χ0v) is 21.3. The van der Waals surface area contributed by atoms with Crippen molar-refractivity contribution in [2.45, 2.75) is 20.5 Å². The van der Waals surface area contributed by atoms with Crippen molar-refractivity contribution in [3.8, 4) is 29.3 Å². The lowest BCUT2D eigenvalue weighted by Gasteiger charge is -2.12. The fourth-order valence-electron chi connectivity index (χ4n) is 4.49. The van der Waals surface area contributed by atoms with Crippen LogP contribution in [0.15, 0.2) is 72.8 Å². The maximum Gasteiger partial charge on any atom is 0.149 e. The Morgan fingerprint density at radius 3 is 2.50 bits per heavy atom. The first kappa shape index (κ1) is 24.4. The van der Waals surface area contributed by atoms with E-state index in [4.69, 9.17) is 9.47 Å². The van der Waals surface area contributed by atoms with Gasteiger partial charge in [-0.05, 0) is 74.0 Å². The van der Waals surface area contributed by atoms with E-state index in [2.05, 4.69) is 32.7 Å². The minimum absolute atomic E-state index is 0.325. The predicted molar refractivity (Wildman–Crippen MR) is 147 cm³/mol. The number of aromatic nitrogens is 3. The number of ether oxygens (including phenoxy) is 2. The summed E-state index contributed by atoms with van der Waals surface area (Å²) in [4.78, 5) is 7.82. The van der Waals surface area contributed by atoms with Crippen molar-refractivity contribution in [3.05, 3.63) is 107 Å².